The van der Waals surface area contributed by atoms with Gasteiger partial charge in [-0.05, 0) is 37.3 Å². The van der Waals surface area contributed by atoms with Crippen LogP contribution in [0.3, 0.4) is 0 Å². The molecule has 3 rings (SSSR count). The van der Waals surface area contributed by atoms with Crippen molar-refractivity contribution in [2.24, 2.45) is 11.0 Å². The highest BCUT2D eigenvalue weighted by molar-refractivity contribution is 5.88. The van der Waals surface area contributed by atoms with E-state index in [1.54, 1.807) is 4.68 Å². The Hall–Kier alpha value is -2.24. The van der Waals surface area contributed by atoms with E-state index in [1.165, 1.54) is 19.3 Å². The minimum atomic E-state index is -0.0788. The van der Waals surface area contributed by atoms with Crippen molar-refractivity contribution in [1.82, 2.24) is 20.4 Å². The van der Waals surface area contributed by atoms with E-state index in [1.807, 2.05) is 24.3 Å². The van der Waals surface area contributed by atoms with Crippen LogP contribution in [0, 0.1) is 5.92 Å². The van der Waals surface area contributed by atoms with Crippen molar-refractivity contribution in [2.75, 3.05) is 0 Å². The van der Waals surface area contributed by atoms with Crippen LogP contribution < -0.4 is 5.43 Å². The average Bonchev–Trinajstić information content (AvgIpc) is 2.95. The number of carbonyl (C=O) groups is 1. The normalized spacial score (nSPS) is 20.4. The van der Waals surface area contributed by atoms with Gasteiger partial charge in [0.1, 0.15) is 5.52 Å². The van der Waals surface area contributed by atoms with E-state index in [2.05, 4.69) is 27.8 Å². The third kappa shape index (κ3) is 3.32. The molecule has 6 nitrogen and oxygen atoms in total. The molecule has 22 heavy (non-hydrogen) atoms. The first-order chi connectivity index (χ1) is 10.7. The lowest BCUT2D eigenvalue weighted by Crippen LogP contribution is -2.25. The Morgan fingerprint density at radius 1 is 1.41 bits per heavy atom. The molecule has 1 aliphatic carbocycles. The Balaban J connectivity index is 1.55. The topological polar surface area (TPSA) is 72.2 Å². The van der Waals surface area contributed by atoms with E-state index >= 15 is 0 Å². The van der Waals surface area contributed by atoms with Crippen molar-refractivity contribution in [3.05, 3.63) is 24.3 Å². The number of rotatable bonds is 4. The van der Waals surface area contributed by atoms with Crippen molar-refractivity contribution >= 4 is 22.7 Å². The molecular weight excluding hydrogens is 278 g/mol. The van der Waals surface area contributed by atoms with Gasteiger partial charge in [-0.15, -0.1) is 5.10 Å². The molecule has 2 aromatic rings. The quantitative estimate of drug-likeness (QED) is 0.882. The summed E-state index contributed by atoms with van der Waals surface area (Å²) in [5, 5.41) is 12.5. The molecule has 0 saturated heterocycles. The molecule has 1 atom stereocenters. The first-order valence-corrected chi connectivity index (χ1v) is 7.87. The Morgan fingerprint density at radius 2 is 2.27 bits per heavy atom. The first kappa shape index (κ1) is 14.7. The van der Waals surface area contributed by atoms with Gasteiger partial charge in [0.25, 0.3) is 0 Å². The second-order valence-corrected chi connectivity index (χ2v) is 5.84. The number of hydrogen-bond donors (Lipinski definition) is 1. The third-order valence-electron chi connectivity index (χ3n) is 4.18. The Labute approximate surface area is 129 Å². The molecule has 116 valence electrons. The Kier molecular flexibility index (Phi) is 4.46. The number of para-hydroxylation sites is 1. The van der Waals surface area contributed by atoms with Crippen LogP contribution in [0.25, 0.3) is 11.0 Å². The molecule has 0 bridgehead atoms. The molecule has 1 amide bonds. The van der Waals surface area contributed by atoms with Crippen molar-refractivity contribution in [3.8, 4) is 0 Å². The molecule has 0 spiro atoms. The molecule has 1 aliphatic rings. The number of fused-ring (bicyclic) bond motifs is 1. The predicted molar refractivity (Wildman–Crippen MR) is 85.4 cm³/mol. The fourth-order valence-electron chi connectivity index (χ4n) is 2.82. The van der Waals surface area contributed by atoms with E-state index < -0.39 is 0 Å². The Morgan fingerprint density at radius 3 is 3.14 bits per heavy atom. The summed E-state index contributed by atoms with van der Waals surface area (Å²) in [5.41, 5.74) is 5.59. The zero-order valence-corrected chi connectivity index (χ0v) is 12.8. The van der Waals surface area contributed by atoms with Gasteiger partial charge >= 0.3 is 0 Å². The molecule has 0 radical (unpaired) electrons. The maximum absolute atomic E-state index is 11.9. The molecule has 0 aliphatic heterocycles. The zero-order valence-electron chi connectivity index (χ0n) is 12.8. The summed E-state index contributed by atoms with van der Waals surface area (Å²) in [6, 6.07) is 7.74. The van der Waals surface area contributed by atoms with Crippen LogP contribution >= 0.6 is 0 Å². The van der Waals surface area contributed by atoms with Crippen molar-refractivity contribution in [1.29, 1.82) is 0 Å². The minimum absolute atomic E-state index is 0.0788. The van der Waals surface area contributed by atoms with E-state index in [4.69, 9.17) is 0 Å². The van der Waals surface area contributed by atoms with Gasteiger partial charge in [0.05, 0.1) is 12.1 Å². The number of hydrazone groups is 1. The molecule has 1 aromatic carbocycles. The van der Waals surface area contributed by atoms with Gasteiger partial charge in [0.15, 0.2) is 0 Å². The van der Waals surface area contributed by atoms with Crippen LogP contribution in [0.1, 0.15) is 39.0 Å². The van der Waals surface area contributed by atoms with E-state index in [0.29, 0.717) is 18.9 Å². The minimum Gasteiger partial charge on any atom is -0.273 e. The van der Waals surface area contributed by atoms with Gasteiger partial charge < -0.3 is 0 Å². The van der Waals surface area contributed by atoms with E-state index in [0.717, 1.165) is 23.2 Å². The molecular formula is C16H21N5O. The molecule has 1 aromatic heterocycles. The molecule has 0 unspecified atom stereocenters. The maximum Gasteiger partial charge on any atom is 0.241 e. The number of aryl methyl sites for hydroxylation is 1. The standard InChI is InChI=1S/C16H21N5O/c1-12-6-2-3-7-13(12)17-19-16(22)10-11-21-15-9-5-4-8-14(15)18-20-21/h4-5,8-9,12H,2-3,6-7,10-11H2,1H3,(H,19,22)/b17-13-/t12-/m1/s1. The third-order valence-corrected chi connectivity index (χ3v) is 4.18. The molecule has 1 heterocycles. The van der Waals surface area contributed by atoms with E-state index in [9.17, 15) is 4.79 Å². The zero-order chi connectivity index (χ0) is 15.4. The van der Waals surface area contributed by atoms with Crippen LogP contribution in [-0.4, -0.2) is 26.6 Å². The van der Waals surface area contributed by atoms with Crippen LogP contribution in [0.15, 0.2) is 29.4 Å². The van der Waals surface area contributed by atoms with Gasteiger partial charge in [-0.3, -0.25) is 4.79 Å². The number of nitrogens with one attached hydrogen (secondary N) is 1. The number of nitrogens with zero attached hydrogens (tertiary/aromatic N) is 4. The molecule has 1 N–H and O–H groups in total. The fourth-order valence-corrected chi connectivity index (χ4v) is 2.82. The maximum atomic E-state index is 11.9. The Bertz CT molecular complexity index is 691. The lowest BCUT2D eigenvalue weighted by Gasteiger charge is -2.19. The summed E-state index contributed by atoms with van der Waals surface area (Å²) in [5.74, 6) is 0.401. The largest absolute Gasteiger partial charge is 0.273 e. The number of aromatic nitrogens is 3. The molecule has 1 saturated carbocycles. The number of benzene rings is 1. The summed E-state index contributed by atoms with van der Waals surface area (Å²) in [7, 11) is 0. The van der Waals surface area contributed by atoms with Crippen LogP contribution in [0.4, 0.5) is 0 Å². The van der Waals surface area contributed by atoms with Gasteiger partial charge in [0.2, 0.25) is 5.91 Å². The first-order valence-electron chi connectivity index (χ1n) is 7.87. The highest BCUT2D eigenvalue weighted by atomic mass is 16.2. The van der Waals surface area contributed by atoms with Crippen LogP contribution in [-0.2, 0) is 11.3 Å². The summed E-state index contributed by atoms with van der Waals surface area (Å²) in [6.45, 7) is 2.68. The van der Waals surface area contributed by atoms with Crippen molar-refractivity contribution in [2.45, 2.75) is 45.6 Å². The van der Waals surface area contributed by atoms with Gasteiger partial charge in [-0.25, -0.2) is 10.1 Å². The summed E-state index contributed by atoms with van der Waals surface area (Å²) < 4.78 is 1.76. The van der Waals surface area contributed by atoms with E-state index in [-0.39, 0.29) is 5.91 Å². The molecule has 6 heteroatoms. The highest BCUT2D eigenvalue weighted by Crippen LogP contribution is 2.20. The number of carbonyl (C=O) groups excluding carboxylic acids is 1. The number of amides is 1. The second kappa shape index (κ2) is 6.68. The lowest BCUT2D eigenvalue weighted by molar-refractivity contribution is -0.121. The van der Waals surface area contributed by atoms with Crippen molar-refractivity contribution in [3.63, 3.8) is 0 Å². The highest BCUT2D eigenvalue weighted by Gasteiger charge is 2.16. The predicted octanol–water partition coefficient (Wildman–Crippen LogP) is 2.50. The van der Waals surface area contributed by atoms with Crippen LogP contribution in [0.5, 0.6) is 0 Å². The second-order valence-electron chi connectivity index (χ2n) is 5.84. The number of hydrogen-bond acceptors (Lipinski definition) is 4. The summed E-state index contributed by atoms with van der Waals surface area (Å²) in [6.07, 6.45) is 4.94. The SMILES string of the molecule is C[C@@H]1CCCC/C1=N/NC(=O)CCn1nnc2ccccc21. The van der Waals surface area contributed by atoms with Crippen molar-refractivity contribution < 1.29 is 4.79 Å². The lowest BCUT2D eigenvalue weighted by atomic mass is 9.89. The van der Waals surface area contributed by atoms with Gasteiger partial charge in [-0.2, -0.15) is 5.10 Å². The van der Waals surface area contributed by atoms with Crippen LogP contribution in [0.2, 0.25) is 0 Å². The van der Waals surface area contributed by atoms with Gasteiger partial charge in [-0.1, -0.05) is 30.7 Å². The summed E-state index contributed by atoms with van der Waals surface area (Å²) in [4.78, 5) is 11.9. The smallest absolute Gasteiger partial charge is 0.241 e. The fraction of sp³-hybridized carbons (Fsp3) is 0.500. The van der Waals surface area contributed by atoms with Gasteiger partial charge in [0, 0.05) is 12.1 Å². The monoisotopic (exact) mass is 299 g/mol. The molecule has 1 fully saturated rings. The average molecular weight is 299 g/mol. The summed E-state index contributed by atoms with van der Waals surface area (Å²) >= 11 is 0.